The van der Waals surface area contributed by atoms with Crippen LogP contribution in [0.25, 0.3) is 0 Å². The molecule has 64 valence electrons. The Kier molecular flexibility index (Phi) is 2.23. The highest BCUT2D eigenvalue weighted by Gasteiger charge is 2.14. The second kappa shape index (κ2) is 3.17. The van der Waals surface area contributed by atoms with Gasteiger partial charge >= 0.3 is 11.6 Å². The van der Waals surface area contributed by atoms with E-state index in [4.69, 9.17) is 4.74 Å². The summed E-state index contributed by atoms with van der Waals surface area (Å²) in [5.41, 5.74) is 0.0540. The van der Waals surface area contributed by atoms with Crippen LogP contribution in [0.5, 0.6) is 5.88 Å². The summed E-state index contributed by atoms with van der Waals surface area (Å²) in [7, 11) is 3.20. The minimum atomic E-state index is -0.445. The molecule has 0 aliphatic heterocycles. The molecule has 0 fully saturated rings. The summed E-state index contributed by atoms with van der Waals surface area (Å²) >= 11 is 0. The Morgan fingerprint density at radius 3 is 2.67 bits per heavy atom. The van der Waals surface area contributed by atoms with Crippen molar-refractivity contribution in [3.05, 3.63) is 28.4 Å². The van der Waals surface area contributed by atoms with Gasteiger partial charge in [-0.2, -0.15) is 4.57 Å². The predicted octanol–water partition coefficient (Wildman–Crippen LogP) is 0.428. The second-order valence-corrected chi connectivity index (χ2v) is 2.30. The Bertz CT molecular complexity index is 312. The first-order valence-electron chi connectivity index (χ1n) is 3.33. The molecule has 5 heteroatoms. The Hall–Kier alpha value is -1.65. The summed E-state index contributed by atoms with van der Waals surface area (Å²) < 4.78 is 6.47. The molecule has 5 nitrogen and oxygen atoms in total. The number of hydrogen-bond donors (Lipinski definition) is 0. The fourth-order valence-electron chi connectivity index (χ4n) is 0.899. The van der Waals surface area contributed by atoms with E-state index in [9.17, 15) is 10.1 Å². The molecule has 1 heterocycles. The Balaban J connectivity index is 3.10. The SMILES string of the molecule is COc1ccc([N+](=O)[O-])c[n+]1C. The first kappa shape index (κ1) is 8.45. The maximum Gasteiger partial charge on any atom is 0.367 e. The van der Waals surface area contributed by atoms with E-state index in [1.807, 2.05) is 0 Å². The maximum absolute atomic E-state index is 10.3. The van der Waals surface area contributed by atoms with Gasteiger partial charge in [0, 0.05) is 6.07 Å². The lowest BCUT2D eigenvalue weighted by Gasteiger charge is -1.95. The van der Waals surface area contributed by atoms with Crippen molar-refractivity contribution in [1.29, 1.82) is 0 Å². The van der Waals surface area contributed by atoms with Gasteiger partial charge in [-0.25, -0.2) is 0 Å². The molecule has 0 spiro atoms. The van der Waals surface area contributed by atoms with Crippen molar-refractivity contribution in [2.24, 2.45) is 7.05 Å². The quantitative estimate of drug-likeness (QED) is 0.366. The van der Waals surface area contributed by atoms with Gasteiger partial charge in [0.2, 0.25) is 6.20 Å². The van der Waals surface area contributed by atoms with Gasteiger partial charge in [-0.1, -0.05) is 0 Å². The molecule has 0 saturated heterocycles. The lowest BCUT2D eigenvalue weighted by Crippen LogP contribution is -2.29. The summed E-state index contributed by atoms with van der Waals surface area (Å²) in [4.78, 5) is 9.86. The van der Waals surface area contributed by atoms with Crippen LogP contribution in [0.2, 0.25) is 0 Å². The van der Waals surface area contributed by atoms with Crippen molar-refractivity contribution in [3.63, 3.8) is 0 Å². The zero-order valence-electron chi connectivity index (χ0n) is 6.85. The molecule has 0 radical (unpaired) electrons. The number of hydrogen-bond acceptors (Lipinski definition) is 3. The molecule has 0 bridgehead atoms. The fourth-order valence-corrected chi connectivity index (χ4v) is 0.899. The van der Waals surface area contributed by atoms with E-state index in [0.29, 0.717) is 5.88 Å². The van der Waals surface area contributed by atoms with Crippen LogP contribution in [0, 0.1) is 10.1 Å². The monoisotopic (exact) mass is 169 g/mol. The lowest BCUT2D eigenvalue weighted by molar-refractivity contribution is -0.679. The van der Waals surface area contributed by atoms with Crippen LogP contribution in [-0.2, 0) is 7.05 Å². The standard InChI is InChI=1S/C7H9N2O3/c1-8-5-6(9(10)11)3-4-7(8)12-2/h3-5H,1-2H3/q+1. The molecule has 0 atom stereocenters. The Labute approximate surface area is 69.4 Å². The Morgan fingerprint density at radius 1 is 1.58 bits per heavy atom. The molecular weight excluding hydrogens is 160 g/mol. The molecule has 1 aromatic rings. The molecule has 1 rings (SSSR count). The normalized spacial score (nSPS) is 9.50. The average molecular weight is 169 g/mol. The van der Waals surface area contributed by atoms with Crippen LogP contribution < -0.4 is 9.30 Å². The minimum absolute atomic E-state index is 0.0540. The van der Waals surface area contributed by atoms with E-state index < -0.39 is 4.92 Å². The lowest BCUT2D eigenvalue weighted by atomic mass is 10.4. The molecule has 0 amide bonds. The Morgan fingerprint density at radius 2 is 2.25 bits per heavy atom. The first-order chi connectivity index (χ1) is 5.65. The van der Waals surface area contributed by atoms with E-state index in [2.05, 4.69) is 0 Å². The average Bonchev–Trinajstić information content (AvgIpc) is 2.04. The highest BCUT2D eigenvalue weighted by molar-refractivity contribution is 5.24. The van der Waals surface area contributed by atoms with E-state index in [1.165, 1.54) is 19.4 Å². The van der Waals surface area contributed by atoms with Gasteiger partial charge in [0.05, 0.1) is 18.1 Å². The fraction of sp³-hybridized carbons (Fsp3) is 0.286. The molecule has 1 aromatic heterocycles. The zero-order chi connectivity index (χ0) is 9.14. The van der Waals surface area contributed by atoms with Crippen LogP contribution in [0.15, 0.2) is 18.3 Å². The van der Waals surface area contributed by atoms with Crippen LogP contribution in [0.1, 0.15) is 0 Å². The highest BCUT2D eigenvalue weighted by atomic mass is 16.6. The summed E-state index contributed by atoms with van der Waals surface area (Å²) in [6.07, 6.45) is 1.40. The summed E-state index contributed by atoms with van der Waals surface area (Å²) in [5.74, 6) is 0.584. The smallest absolute Gasteiger partial charge is 0.367 e. The van der Waals surface area contributed by atoms with Gasteiger partial charge in [0.15, 0.2) is 0 Å². The molecule has 0 aliphatic rings. The summed E-state index contributed by atoms with van der Waals surface area (Å²) in [6, 6.07) is 2.96. The van der Waals surface area contributed by atoms with Crippen LogP contribution in [0.4, 0.5) is 5.69 Å². The van der Waals surface area contributed by atoms with Gasteiger partial charge in [-0.3, -0.25) is 10.1 Å². The summed E-state index contributed by atoms with van der Waals surface area (Å²) in [5, 5.41) is 10.3. The molecule has 0 N–H and O–H groups in total. The molecule has 0 aliphatic carbocycles. The topological polar surface area (TPSA) is 56.3 Å². The minimum Gasteiger partial charge on any atom is -0.448 e. The van der Waals surface area contributed by atoms with Crippen LogP contribution in [0.3, 0.4) is 0 Å². The molecule has 0 unspecified atom stereocenters. The van der Waals surface area contributed by atoms with Crippen molar-refractivity contribution < 1.29 is 14.2 Å². The van der Waals surface area contributed by atoms with Crippen molar-refractivity contribution in [2.75, 3.05) is 7.11 Å². The number of rotatable bonds is 2. The van der Waals surface area contributed by atoms with E-state index in [1.54, 1.807) is 17.7 Å². The molecule has 12 heavy (non-hydrogen) atoms. The van der Waals surface area contributed by atoms with E-state index in [0.717, 1.165) is 0 Å². The third kappa shape index (κ3) is 1.50. The van der Waals surface area contributed by atoms with Crippen molar-refractivity contribution in [1.82, 2.24) is 0 Å². The first-order valence-corrected chi connectivity index (χ1v) is 3.33. The van der Waals surface area contributed by atoms with E-state index in [-0.39, 0.29) is 5.69 Å². The number of aryl methyl sites for hydroxylation is 1. The highest BCUT2D eigenvalue weighted by Crippen LogP contribution is 2.10. The van der Waals surface area contributed by atoms with Gasteiger partial charge in [-0.15, -0.1) is 0 Å². The second-order valence-electron chi connectivity index (χ2n) is 2.30. The van der Waals surface area contributed by atoms with Crippen molar-refractivity contribution in [3.8, 4) is 5.88 Å². The summed E-state index contributed by atoms with van der Waals surface area (Å²) in [6.45, 7) is 0. The molecule has 0 saturated carbocycles. The van der Waals surface area contributed by atoms with E-state index >= 15 is 0 Å². The van der Waals surface area contributed by atoms with Gasteiger partial charge in [-0.05, 0) is 0 Å². The van der Waals surface area contributed by atoms with Crippen LogP contribution in [-0.4, -0.2) is 12.0 Å². The molecule has 0 aromatic carbocycles. The number of nitro groups is 1. The number of aromatic nitrogens is 1. The maximum atomic E-state index is 10.3. The van der Waals surface area contributed by atoms with Gasteiger partial charge in [0.25, 0.3) is 0 Å². The number of pyridine rings is 1. The van der Waals surface area contributed by atoms with Crippen LogP contribution >= 0.6 is 0 Å². The number of ether oxygens (including phenoxy) is 1. The van der Waals surface area contributed by atoms with Crippen molar-refractivity contribution in [2.45, 2.75) is 0 Å². The van der Waals surface area contributed by atoms with Crippen molar-refractivity contribution >= 4 is 5.69 Å². The largest absolute Gasteiger partial charge is 0.448 e. The third-order valence-electron chi connectivity index (χ3n) is 1.49. The van der Waals surface area contributed by atoms with Gasteiger partial charge < -0.3 is 4.74 Å². The predicted molar refractivity (Wildman–Crippen MR) is 40.8 cm³/mol. The zero-order valence-corrected chi connectivity index (χ0v) is 6.85. The third-order valence-corrected chi connectivity index (χ3v) is 1.49. The number of nitrogens with zero attached hydrogens (tertiary/aromatic N) is 2. The molecular formula is C7H9N2O3+. The number of methoxy groups -OCH3 is 1. The van der Waals surface area contributed by atoms with Gasteiger partial charge in [0.1, 0.15) is 7.05 Å².